The van der Waals surface area contributed by atoms with Gasteiger partial charge in [0.2, 0.25) is 0 Å². The molecule has 0 unspecified atom stereocenters. The van der Waals surface area contributed by atoms with E-state index in [-0.39, 0.29) is 6.54 Å². The Hall–Kier alpha value is -2.11. The molecule has 5 nitrogen and oxygen atoms in total. The minimum Gasteiger partial charge on any atom is -0.481 e. The molecule has 0 aromatic heterocycles. The summed E-state index contributed by atoms with van der Waals surface area (Å²) in [4.78, 5) is 22.9. The third-order valence-corrected chi connectivity index (χ3v) is 3.80. The summed E-state index contributed by atoms with van der Waals surface area (Å²) in [5.74, 6) is -1.32. The van der Waals surface area contributed by atoms with Crippen molar-refractivity contribution in [2.24, 2.45) is 5.41 Å². The number of carbonyl (C=O) groups is 2. The maximum absolute atomic E-state index is 13.1. The van der Waals surface area contributed by atoms with Crippen molar-refractivity contribution >= 4 is 17.7 Å². The molecular formula is C14H17FN2O3. The van der Waals surface area contributed by atoms with Gasteiger partial charge in [-0.25, -0.2) is 9.18 Å². The number of carboxylic acid groups (broad SMARTS) is 1. The third-order valence-electron chi connectivity index (χ3n) is 3.80. The van der Waals surface area contributed by atoms with E-state index in [2.05, 4.69) is 10.6 Å². The van der Waals surface area contributed by atoms with Gasteiger partial charge in [-0.2, -0.15) is 0 Å². The lowest BCUT2D eigenvalue weighted by Crippen LogP contribution is -2.48. The van der Waals surface area contributed by atoms with E-state index in [1.807, 2.05) is 0 Å². The number of rotatable bonds is 4. The van der Waals surface area contributed by atoms with Crippen molar-refractivity contribution in [1.29, 1.82) is 0 Å². The zero-order valence-electron chi connectivity index (χ0n) is 11.2. The fourth-order valence-electron chi connectivity index (χ4n) is 2.21. The summed E-state index contributed by atoms with van der Waals surface area (Å²) in [6.45, 7) is 1.84. The van der Waals surface area contributed by atoms with Gasteiger partial charge in [0.15, 0.2) is 0 Å². The average Bonchev–Trinajstić information content (AvgIpc) is 2.32. The predicted octanol–water partition coefficient (Wildman–Crippen LogP) is 2.51. The molecule has 0 aliphatic heterocycles. The van der Waals surface area contributed by atoms with Crippen molar-refractivity contribution in [2.45, 2.75) is 26.2 Å². The van der Waals surface area contributed by atoms with E-state index in [1.54, 1.807) is 13.0 Å². The van der Waals surface area contributed by atoms with Crippen LogP contribution in [0.15, 0.2) is 18.2 Å². The van der Waals surface area contributed by atoms with Crippen LogP contribution in [0.25, 0.3) is 0 Å². The number of nitrogens with one attached hydrogen (secondary N) is 2. The lowest BCUT2D eigenvalue weighted by atomic mass is 9.69. The SMILES string of the molecule is Cc1ccc(F)cc1NC(=O)NCC1(C(=O)O)CCC1. The molecular weight excluding hydrogens is 263 g/mol. The van der Waals surface area contributed by atoms with Gasteiger partial charge < -0.3 is 15.7 Å². The Labute approximate surface area is 116 Å². The van der Waals surface area contributed by atoms with Crippen molar-refractivity contribution in [2.75, 3.05) is 11.9 Å². The number of carboxylic acids is 1. The Morgan fingerprint density at radius 1 is 1.40 bits per heavy atom. The van der Waals surface area contributed by atoms with Gasteiger partial charge >= 0.3 is 12.0 Å². The predicted molar refractivity (Wildman–Crippen MR) is 72.1 cm³/mol. The second kappa shape index (κ2) is 5.48. The number of anilines is 1. The van der Waals surface area contributed by atoms with Crippen LogP contribution in [0.5, 0.6) is 0 Å². The smallest absolute Gasteiger partial charge is 0.319 e. The van der Waals surface area contributed by atoms with E-state index >= 15 is 0 Å². The third kappa shape index (κ3) is 2.89. The van der Waals surface area contributed by atoms with Crippen molar-refractivity contribution in [3.8, 4) is 0 Å². The number of urea groups is 1. The highest BCUT2D eigenvalue weighted by atomic mass is 19.1. The summed E-state index contributed by atoms with van der Waals surface area (Å²) in [6.07, 6.45) is 2.00. The molecule has 0 saturated heterocycles. The van der Waals surface area contributed by atoms with Crippen molar-refractivity contribution < 1.29 is 19.1 Å². The second-order valence-corrected chi connectivity index (χ2v) is 5.21. The molecule has 0 atom stereocenters. The fraction of sp³-hybridized carbons (Fsp3) is 0.429. The van der Waals surface area contributed by atoms with Gasteiger partial charge in [-0.1, -0.05) is 12.5 Å². The standard InChI is InChI=1S/C14H17FN2O3/c1-9-3-4-10(15)7-11(9)17-13(20)16-8-14(12(18)19)5-2-6-14/h3-4,7H,2,5-6,8H2,1H3,(H,18,19)(H2,16,17,20). The number of hydrogen-bond acceptors (Lipinski definition) is 2. The van der Waals surface area contributed by atoms with E-state index in [0.29, 0.717) is 18.5 Å². The van der Waals surface area contributed by atoms with Crippen molar-refractivity contribution in [3.63, 3.8) is 0 Å². The molecule has 1 aromatic rings. The molecule has 1 saturated carbocycles. The number of hydrogen-bond donors (Lipinski definition) is 3. The van der Waals surface area contributed by atoms with E-state index < -0.39 is 23.2 Å². The van der Waals surface area contributed by atoms with Crippen LogP contribution in [0, 0.1) is 18.2 Å². The highest BCUT2D eigenvalue weighted by molar-refractivity contribution is 5.90. The largest absolute Gasteiger partial charge is 0.481 e. The number of benzene rings is 1. The van der Waals surface area contributed by atoms with Gasteiger partial charge in [0, 0.05) is 12.2 Å². The monoisotopic (exact) mass is 280 g/mol. The molecule has 1 fully saturated rings. The Balaban J connectivity index is 1.93. The molecule has 6 heteroatoms. The minimum atomic E-state index is -0.883. The van der Waals surface area contributed by atoms with Crippen molar-refractivity contribution in [1.82, 2.24) is 5.32 Å². The van der Waals surface area contributed by atoms with Crippen LogP contribution in [0.2, 0.25) is 0 Å². The second-order valence-electron chi connectivity index (χ2n) is 5.21. The normalized spacial score (nSPS) is 16.1. The van der Waals surface area contributed by atoms with Crippen LogP contribution >= 0.6 is 0 Å². The van der Waals surface area contributed by atoms with Crippen LogP contribution in [0.1, 0.15) is 24.8 Å². The Kier molecular flexibility index (Phi) is 3.92. The quantitative estimate of drug-likeness (QED) is 0.793. The fourth-order valence-corrected chi connectivity index (χ4v) is 2.21. The Bertz CT molecular complexity index is 541. The van der Waals surface area contributed by atoms with Gasteiger partial charge in [0.05, 0.1) is 5.41 Å². The van der Waals surface area contributed by atoms with E-state index in [0.717, 1.165) is 12.0 Å². The van der Waals surface area contributed by atoms with Crippen molar-refractivity contribution in [3.05, 3.63) is 29.6 Å². The van der Waals surface area contributed by atoms with Crippen LogP contribution in [0.3, 0.4) is 0 Å². The molecule has 108 valence electrons. The zero-order valence-corrected chi connectivity index (χ0v) is 11.2. The van der Waals surface area contributed by atoms with E-state index in [9.17, 15) is 14.0 Å². The number of aryl methyl sites for hydroxylation is 1. The number of aliphatic carboxylic acids is 1. The highest BCUT2D eigenvalue weighted by Gasteiger charge is 2.44. The van der Waals surface area contributed by atoms with Gasteiger partial charge in [-0.15, -0.1) is 0 Å². The molecule has 0 heterocycles. The summed E-state index contributed by atoms with van der Waals surface area (Å²) < 4.78 is 13.1. The lowest BCUT2D eigenvalue weighted by Gasteiger charge is -2.37. The van der Waals surface area contributed by atoms with E-state index in [1.165, 1.54) is 12.1 Å². The summed E-state index contributed by atoms with van der Waals surface area (Å²) in [7, 11) is 0. The number of amides is 2. The molecule has 1 aliphatic carbocycles. The summed E-state index contributed by atoms with van der Waals surface area (Å²) in [5.41, 5.74) is 0.271. The molecule has 1 aromatic carbocycles. The first-order valence-corrected chi connectivity index (χ1v) is 6.47. The topological polar surface area (TPSA) is 78.4 Å². The molecule has 0 bridgehead atoms. The van der Waals surface area contributed by atoms with Gasteiger partial charge in [0.1, 0.15) is 5.82 Å². The molecule has 2 amide bonds. The van der Waals surface area contributed by atoms with Gasteiger partial charge in [-0.05, 0) is 37.5 Å². The molecule has 0 spiro atoms. The summed E-state index contributed by atoms with van der Waals surface area (Å²) in [6, 6.07) is 3.58. The summed E-state index contributed by atoms with van der Waals surface area (Å²) >= 11 is 0. The number of halogens is 1. The van der Waals surface area contributed by atoms with Crippen LogP contribution < -0.4 is 10.6 Å². The maximum atomic E-state index is 13.1. The number of carbonyl (C=O) groups excluding carboxylic acids is 1. The Morgan fingerprint density at radius 2 is 2.10 bits per heavy atom. The van der Waals surface area contributed by atoms with E-state index in [4.69, 9.17) is 5.11 Å². The maximum Gasteiger partial charge on any atom is 0.319 e. The first kappa shape index (κ1) is 14.3. The van der Waals surface area contributed by atoms with Crippen LogP contribution in [0.4, 0.5) is 14.9 Å². The van der Waals surface area contributed by atoms with Crippen LogP contribution in [-0.4, -0.2) is 23.7 Å². The van der Waals surface area contributed by atoms with Gasteiger partial charge in [-0.3, -0.25) is 4.79 Å². The van der Waals surface area contributed by atoms with Crippen LogP contribution in [-0.2, 0) is 4.79 Å². The first-order valence-electron chi connectivity index (χ1n) is 6.47. The lowest BCUT2D eigenvalue weighted by molar-refractivity contribution is -0.153. The average molecular weight is 280 g/mol. The van der Waals surface area contributed by atoms with Gasteiger partial charge in [0.25, 0.3) is 0 Å². The molecule has 1 aliphatic rings. The molecule has 20 heavy (non-hydrogen) atoms. The Morgan fingerprint density at radius 3 is 2.65 bits per heavy atom. The molecule has 3 N–H and O–H groups in total. The first-order chi connectivity index (χ1) is 9.43. The zero-order chi connectivity index (χ0) is 14.8. The summed E-state index contributed by atoms with van der Waals surface area (Å²) in [5, 5.41) is 14.2. The molecule has 2 rings (SSSR count). The molecule has 0 radical (unpaired) electrons. The minimum absolute atomic E-state index is 0.0858. The highest BCUT2D eigenvalue weighted by Crippen LogP contribution is 2.40.